The van der Waals surface area contributed by atoms with Gasteiger partial charge in [0.05, 0.1) is 6.61 Å². The van der Waals surface area contributed by atoms with Crippen LogP contribution in [0.25, 0.3) is 0 Å². The predicted octanol–water partition coefficient (Wildman–Crippen LogP) is 4.18. The summed E-state index contributed by atoms with van der Waals surface area (Å²) in [7, 11) is 1.88. The number of halogens is 1. The second-order valence-corrected chi connectivity index (χ2v) is 9.64. The first-order valence-electron chi connectivity index (χ1n) is 12.7. The molecule has 3 rings (SSSR count). The molecule has 188 valence electrons. The number of ether oxygens (including phenoxy) is 1. The van der Waals surface area contributed by atoms with Gasteiger partial charge in [0.15, 0.2) is 5.96 Å². The maximum atomic E-state index is 5.54. The number of hydrogen-bond acceptors (Lipinski definition) is 4. The minimum atomic E-state index is 0. The lowest BCUT2D eigenvalue weighted by molar-refractivity contribution is 0.150. The topological polar surface area (TPSA) is 60.9 Å². The zero-order chi connectivity index (χ0) is 22.8. The van der Waals surface area contributed by atoms with Gasteiger partial charge in [-0.05, 0) is 50.5 Å². The third kappa shape index (κ3) is 8.67. The molecule has 0 amide bonds. The lowest BCUT2D eigenvalue weighted by Crippen LogP contribution is -2.56. The van der Waals surface area contributed by atoms with Crippen LogP contribution in [0.1, 0.15) is 64.5 Å². The van der Waals surface area contributed by atoms with Crippen molar-refractivity contribution in [3.05, 3.63) is 35.9 Å². The van der Waals surface area contributed by atoms with E-state index in [-0.39, 0.29) is 29.5 Å². The van der Waals surface area contributed by atoms with Gasteiger partial charge in [0.2, 0.25) is 0 Å². The summed E-state index contributed by atoms with van der Waals surface area (Å²) in [4.78, 5) is 7.14. The molecule has 2 aliphatic heterocycles. The van der Waals surface area contributed by atoms with Crippen LogP contribution in [0.2, 0.25) is 0 Å². The van der Waals surface area contributed by atoms with Gasteiger partial charge in [-0.1, -0.05) is 44.2 Å². The number of likely N-dealkylation sites (tertiary alicyclic amines) is 1. The summed E-state index contributed by atoms with van der Waals surface area (Å²) in [6.45, 7) is 13.1. The van der Waals surface area contributed by atoms with E-state index in [0.717, 1.165) is 57.6 Å². The molecule has 0 saturated carbocycles. The number of aliphatic imine (C=N–C) groups is 1. The van der Waals surface area contributed by atoms with Crippen molar-refractivity contribution in [2.75, 3.05) is 46.4 Å². The van der Waals surface area contributed by atoms with Gasteiger partial charge in [-0.25, -0.2) is 0 Å². The lowest BCUT2D eigenvalue weighted by Gasteiger charge is -2.38. The molecule has 6 nitrogen and oxygen atoms in total. The molecule has 0 aliphatic carbocycles. The van der Waals surface area contributed by atoms with Crippen molar-refractivity contribution in [1.82, 2.24) is 20.9 Å². The Morgan fingerprint density at radius 1 is 1.15 bits per heavy atom. The molecule has 2 fully saturated rings. The quantitative estimate of drug-likeness (QED) is 0.224. The fraction of sp³-hybridized carbons (Fsp3) is 0.731. The van der Waals surface area contributed by atoms with Gasteiger partial charge in [-0.15, -0.1) is 24.0 Å². The summed E-state index contributed by atoms with van der Waals surface area (Å²) in [5, 5.41) is 11.2. The summed E-state index contributed by atoms with van der Waals surface area (Å²) in [5.41, 5.74) is 1.36. The van der Waals surface area contributed by atoms with Gasteiger partial charge >= 0.3 is 0 Å². The predicted molar refractivity (Wildman–Crippen MR) is 150 cm³/mol. The van der Waals surface area contributed by atoms with E-state index in [0.29, 0.717) is 12.1 Å². The molecule has 1 aromatic carbocycles. The first-order valence-corrected chi connectivity index (χ1v) is 12.7. The van der Waals surface area contributed by atoms with E-state index in [9.17, 15) is 0 Å². The van der Waals surface area contributed by atoms with Crippen LogP contribution in [0.3, 0.4) is 0 Å². The molecule has 2 saturated heterocycles. The minimum Gasteiger partial charge on any atom is -0.381 e. The Bertz CT molecular complexity index is 683. The molecular formula is C26H46IN5O. The Kier molecular flexibility index (Phi) is 12.4. The summed E-state index contributed by atoms with van der Waals surface area (Å²) in [6, 6.07) is 11.5. The number of guanidine groups is 1. The SMILES string of the molecule is CCC(CC)(CNC(=NC)NC1CCN(CC2CCOC2)CC1)NC(C)c1ccccc1.I. The van der Waals surface area contributed by atoms with E-state index >= 15 is 0 Å². The highest BCUT2D eigenvalue weighted by molar-refractivity contribution is 14.0. The number of hydrogen-bond donors (Lipinski definition) is 3. The molecule has 3 N–H and O–H groups in total. The van der Waals surface area contributed by atoms with Gasteiger partial charge in [0, 0.05) is 57.5 Å². The Morgan fingerprint density at radius 3 is 2.42 bits per heavy atom. The van der Waals surface area contributed by atoms with E-state index in [1.807, 2.05) is 7.05 Å². The maximum Gasteiger partial charge on any atom is 0.191 e. The molecule has 2 aliphatic rings. The molecule has 2 unspecified atom stereocenters. The van der Waals surface area contributed by atoms with E-state index in [4.69, 9.17) is 4.74 Å². The minimum absolute atomic E-state index is 0. The molecule has 0 bridgehead atoms. The smallest absolute Gasteiger partial charge is 0.191 e. The highest BCUT2D eigenvalue weighted by Crippen LogP contribution is 2.22. The summed E-state index contributed by atoms with van der Waals surface area (Å²) in [5.74, 6) is 1.66. The standard InChI is InChI=1S/C26H45N5O.HI/c1-5-26(6-2,30-21(3)23-10-8-7-9-11-23)20-28-25(27-4)29-24-12-15-31(16-13-24)18-22-14-17-32-19-22;/h7-11,21-22,24,30H,5-6,12-20H2,1-4H3,(H2,27,28,29);1H. The number of benzene rings is 1. The molecule has 0 spiro atoms. The third-order valence-corrected chi connectivity index (χ3v) is 7.46. The Hall–Kier alpha value is -0.900. The van der Waals surface area contributed by atoms with Crippen molar-refractivity contribution in [2.45, 2.75) is 70.5 Å². The van der Waals surface area contributed by atoms with E-state index < -0.39 is 0 Å². The van der Waals surface area contributed by atoms with Crippen LogP contribution in [0.15, 0.2) is 35.3 Å². The van der Waals surface area contributed by atoms with Crippen molar-refractivity contribution >= 4 is 29.9 Å². The third-order valence-electron chi connectivity index (χ3n) is 7.46. The van der Waals surface area contributed by atoms with Crippen molar-refractivity contribution in [2.24, 2.45) is 10.9 Å². The van der Waals surface area contributed by atoms with E-state index in [1.165, 1.54) is 31.4 Å². The molecule has 33 heavy (non-hydrogen) atoms. The summed E-state index contributed by atoms with van der Waals surface area (Å²) < 4.78 is 5.54. The van der Waals surface area contributed by atoms with E-state index in [1.54, 1.807) is 0 Å². The zero-order valence-corrected chi connectivity index (χ0v) is 23.4. The fourth-order valence-corrected chi connectivity index (χ4v) is 5.03. The zero-order valence-electron chi connectivity index (χ0n) is 21.1. The van der Waals surface area contributed by atoms with Gasteiger partial charge in [-0.3, -0.25) is 4.99 Å². The molecule has 0 radical (unpaired) electrons. The highest BCUT2D eigenvalue weighted by atomic mass is 127. The Balaban J connectivity index is 0.00000385. The van der Waals surface area contributed by atoms with Crippen LogP contribution >= 0.6 is 24.0 Å². The molecule has 2 heterocycles. The largest absolute Gasteiger partial charge is 0.381 e. The molecule has 2 atom stereocenters. The van der Waals surface area contributed by atoms with Gasteiger partial charge in [0.1, 0.15) is 0 Å². The van der Waals surface area contributed by atoms with Crippen LogP contribution in [-0.4, -0.2) is 68.9 Å². The lowest BCUT2D eigenvalue weighted by atomic mass is 9.90. The number of nitrogens with one attached hydrogen (secondary N) is 3. The molecule has 0 aromatic heterocycles. The second-order valence-electron chi connectivity index (χ2n) is 9.64. The Morgan fingerprint density at radius 2 is 1.85 bits per heavy atom. The number of nitrogens with zero attached hydrogens (tertiary/aromatic N) is 2. The van der Waals surface area contributed by atoms with Crippen LogP contribution in [0, 0.1) is 5.92 Å². The molecule has 1 aromatic rings. The first kappa shape index (κ1) is 28.3. The van der Waals surface area contributed by atoms with Crippen molar-refractivity contribution in [3.63, 3.8) is 0 Å². The molecular weight excluding hydrogens is 525 g/mol. The van der Waals surface area contributed by atoms with Crippen LogP contribution in [0.4, 0.5) is 0 Å². The second kappa shape index (κ2) is 14.5. The van der Waals surface area contributed by atoms with E-state index in [2.05, 4.69) is 76.9 Å². The van der Waals surface area contributed by atoms with Gasteiger partial charge in [0.25, 0.3) is 0 Å². The molecule has 7 heteroatoms. The van der Waals surface area contributed by atoms with Gasteiger partial charge in [-0.2, -0.15) is 0 Å². The van der Waals surface area contributed by atoms with Crippen molar-refractivity contribution < 1.29 is 4.74 Å². The summed E-state index contributed by atoms with van der Waals surface area (Å²) in [6.07, 6.45) is 5.69. The van der Waals surface area contributed by atoms with Crippen LogP contribution < -0.4 is 16.0 Å². The maximum absolute atomic E-state index is 5.54. The fourth-order valence-electron chi connectivity index (χ4n) is 5.03. The average Bonchev–Trinajstić information content (AvgIpc) is 3.35. The van der Waals surface area contributed by atoms with Crippen molar-refractivity contribution in [3.8, 4) is 0 Å². The first-order chi connectivity index (χ1) is 15.6. The van der Waals surface area contributed by atoms with Crippen LogP contribution in [-0.2, 0) is 4.74 Å². The van der Waals surface area contributed by atoms with Crippen molar-refractivity contribution in [1.29, 1.82) is 0 Å². The Labute approximate surface area is 218 Å². The van der Waals surface area contributed by atoms with Crippen LogP contribution in [0.5, 0.6) is 0 Å². The highest BCUT2D eigenvalue weighted by Gasteiger charge is 2.29. The number of piperidine rings is 1. The van der Waals surface area contributed by atoms with Gasteiger partial charge < -0.3 is 25.6 Å². The summed E-state index contributed by atoms with van der Waals surface area (Å²) >= 11 is 0. The average molecular weight is 572 g/mol. The normalized spacial score (nSPS) is 21.5. The monoisotopic (exact) mass is 571 g/mol. The number of rotatable bonds is 10.